The van der Waals surface area contributed by atoms with Gasteiger partial charge >= 0.3 is 0 Å². The molecule has 0 radical (unpaired) electrons. The molecule has 1 amide bonds. The van der Waals surface area contributed by atoms with E-state index in [0.717, 1.165) is 11.1 Å². The summed E-state index contributed by atoms with van der Waals surface area (Å²) in [7, 11) is 4.67. The number of carbonyl (C=O) groups excluding carboxylic acids is 1. The highest BCUT2D eigenvalue weighted by Crippen LogP contribution is 2.51. The van der Waals surface area contributed by atoms with Crippen molar-refractivity contribution in [1.82, 2.24) is 0 Å². The molecular formula is C25H21Cl2NO4S. The molecule has 0 spiro atoms. The number of ether oxygens (including phenoxy) is 3. The lowest BCUT2D eigenvalue weighted by molar-refractivity contribution is -0.114. The Balaban J connectivity index is 1.86. The normalized spacial score (nSPS) is 16.9. The number of thioether (sulfide) groups is 1. The Morgan fingerprint density at radius 1 is 0.879 bits per heavy atom. The van der Waals surface area contributed by atoms with Crippen LogP contribution in [0.4, 0.5) is 5.69 Å². The number of halogens is 2. The summed E-state index contributed by atoms with van der Waals surface area (Å²) in [6, 6.07) is 18.6. The van der Waals surface area contributed by atoms with E-state index in [-0.39, 0.29) is 5.91 Å². The molecule has 5 nitrogen and oxygen atoms in total. The van der Waals surface area contributed by atoms with Crippen molar-refractivity contribution in [2.45, 2.75) is 5.37 Å². The number of rotatable bonds is 6. The van der Waals surface area contributed by atoms with Gasteiger partial charge in [0.2, 0.25) is 5.75 Å². The molecule has 4 rings (SSSR count). The van der Waals surface area contributed by atoms with Crippen LogP contribution in [0.3, 0.4) is 0 Å². The zero-order valence-electron chi connectivity index (χ0n) is 18.2. The standard InChI is InChI=1S/C25H21Cl2NO4S/c1-30-20-12-16(13-21(31-2)23(20)32-3)25-28(17-9-10-18(26)19(27)14-17)24(29)22(33-25)11-15-7-5-4-6-8-15/h4-14,25H,1-3H3. The maximum absolute atomic E-state index is 13.6. The summed E-state index contributed by atoms with van der Waals surface area (Å²) in [5.41, 5.74) is 2.38. The number of methoxy groups -OCH3 is 3. The maximum atomic E-state index is 13.6. The lowest BCUT2D eigenvalue weighted by Gasteiger charge is -2.25. The van der Waals surface area contributed by atoms with Crippen molar-refractivity contribution in [3.8, 4) is 17.2 Å². The predicted octanol–water partition coefficient (Wildman–Crippen LogP) is 6.84. The number of benzene rings is 3. The highest BCUT2D eigenvalue weighted by Gasteiger charge is 2.39. The van der Waals surface area contributed by atoms with Gasteiger partial charge in [-0.05, 0) is 47.5 Å². The third kappa shape index (κ3) is 4.64. The van der Waals surface area contributed by atoms with E-state index < -0.39 is 5.37 Å². The van der Waals surface area contributed by atoms with Crippen LogP contribution in [0.15, 0.2) is 65.6 Å². The second kappa shape index (κ2) is 10.00. The number of anilines is 1. The highest BCUT2D eigenvalue weighted by atomic mass is 35.5. The first-order chi connectivity index (χ1) is 16.0. The summed E-state index contributed by atoms with van der Waals surface area (Å²) < 4.78 is 16.5. The molecule has 8 heteroatoms. The Kier molecular flexibility index (Phi) is 7.08. The van der Waals surface area contributed by atoms with Crippen molar-refractivity contribution >= 4 is 52.6 Å². The molecule has 3 aromatic rings. The zero-order chi connectivity index (χ0) is 23.5. The maximum Gasteiger partial charge on any atom is 0.266 e. The van der Waals surface area contributed by atoms with Crippen LogP contribution in [0.2, 0.25) is 10.0 Å². The van der Waals surface area contributed by atoms with Crippen molar-refractivity contribution in [2.24, 2.45) is 0 Å². The molecule has 3 aromatic carbocycles. The Labute approximate surface area is 206 Å². The summed E-state index contributed by atoms with van der Waals surface area (Å²) in [6.45, 7) is 0. The van der Waals surface area contributed by atoms with E-state index >= 15 is 0 Å². The van der Waals surface area contributed by atoms with E-state index in [1.807, 2.05) is 48.5 Å². The van der Waals surface area contributed by atoms with Gasteiger partial charge in [0, 0.05) is 5.69 Å². The van der Waals surface area contributed by atoms with Crippen LogP contribution >= 0.6 is 35.0 Å². The predicted molar refractivity (Wildman–Crippen MR) is 135 cm³/mol. The first-order valence-corrected chi connectivity index (χ1v) is 11.6. The van der Waals surface area contributed by atoms with Crippen molar-refractivity contribution < 1.29 is 19.0 Å². The molecule has 1 saturated heterocycles. The molecule has 170 valence electrons. The molecule has 0 aromatic heterocycles. The average molecular weight is 502 g/mol. The fourth-order valence-electron chi connectivity index (χ4n) is 3.59. The van der Waals surface area contributed by atoms with Gasteiger partial charge in [-0.3, -0.25) is 9.69 Å². The van der Waals surface area contributed by atoms with Crippen LogP contribution in [-0.4, -0.2) is 27.2 Å². The fraction of sp³-hybridized carbons (Fsp3) is 0.160. The summed E-state index contributed by atoms with van der Waals surface area (Å²) in [5, 5.41) is 0.401. The summed E-state index contributed by atoms with van der Waals surface area (Å²) in [4.78, 5) is 15.9. The van der Waals surface area contributed by atoms with Gasteiger partial charge in [-0.2, -0.15) is 0 Å². The van der Waals surface area contributed by atoms with E-state index in [2.05, 4.69) is 0 Å². The number of amides is 1. The smallest absolute Gasteiger partial charge is 0.266 e. The Bertz CT molecular complexity index is 1190. The van der Waals surface area contributed by atoms with Gasteiger partial charge in [0.1, 0.15) is 5.37 Å². The summed E-state index contributed by atoms with van der Waals surface area (Å²) in [6.07, 6.45) is 1.88. The van der Waals surface area contributed by atoms with Gasteiger partial charge in [-0.25, -0.2) is 0 Å². The van der Waals surface area contributed by atoms with E-state index in [0.29, 0.717) is 37.9 Å². The molecule has 1 fully saturated rings. The van der Waals surface area contributed by atoms with Crippen LogP contribution < -0.4 is 19.1 Å². The lowest BCUT2D eigenvalue weighted by Crippen LogP contribution is -2.27. The van der Waals surface area contributed by atoms with Gasteiger partial charge in [0.05, 0.1) is 36.3 Å². The van der Waals surface area contributed by atoms with Crippen molar-refractivity contribution in [3.05, 3.63) is 86.7 Å². The lowest BCUT2D eigenvalue weighted by atomic mass is 10.1. The second-order valence-electron chi connectivity index (χ2n) is 7.12. The molecule has 0 N–H and O–H groups in total. The fourth-order valence-corrected chi connectivity index (χ4v) is 5.12. The van der Waals surface area contributed by atoms with Crippen LogP contribution in [0.1, 0.15) is 16.5 Å². The van der Waals surface area contributed by atoms with E-state index in [1.54, 1.807) is 44.4 Å². The first kappa shape index (κ1) is 23.4. The highest BCUT2D eigenvalue weighted by molar-refractivity contribution is 8.05. The minimum absolute atomic E-state index is 0.138. The van der Waals surface area contributed by atoms with Gasteiger partial charge in [0.15, 0.2) is 11.5 Å². The van der Waals surface area contributed by atoms with E-state index in [9.17, 15) is 4.79 Å². The molecule has 0 saturated carbocycles. The van der Waals surface area contributed by atoms with Crippen LogP contribution in [0, 0.1) is 0 Å². The number of hydrogen-bond acceptors (Lipinski definition) is 5. The SMILES string of the molecule is COc1cc(C2SC(=Cc3ccccc3)C(=O)N2c2ccc(Cl)c(Cl)c2)cc(OC)c1OC. The third-order valence-electron chi connectivity index (χ3n) is 5.15. The first-order valence-electron chi connectivity index (χ1n) is 9.98. The zero-order valence-corrected chi connectivity index (χ0v) is 20.5. The molecule has 1 heterocycles. The Hall–Kier alpha value is -2.80. The van der Waals surface area contributed by atoms with Crippen molar-refractivity contribution in [1.29, 1.82) is 0 Å². The number of hydrogen-bond donors (Lipinski definition) is 0. The molecule has 1 aliphatic heterocycles. The van der Waals surface area contributed by atoms with Gasteiger partial charge < -0.3 is 14.2 Å². The summed E-state index contributed by atoms with van der Waals surface area (Å²) >= 11 is 13.9. The van der Waals surface area contributed by atoms with Crippen molar-refractivity contribution in [3.63, 3.8) is 0 Å². The van der Waals surface area contributed by atoms with Gasteiger partial charge in [-0.15, -0.1) is 0 Å². The van der Waals surface area contributed by atoms with Crippen LogP contribution in [0.25, 0.3) is 6.08 Å². The van der Waals surface area contributed by atoms with Crippen LogP contribution in [0.5, 0.6) is 17.2 Å². The number of nitrogens with zero attached hydrogens (tertiary/aromatic N) is 1. The van der Waals surface area contributed by atoms with Gasteiger partial charge in [-0.1, -0.05) is 65.3 Å². The van der Waals surface area contributed by atoms with E-state index in [1.165, 1.54) is 11.8 Å². The minimum atomic E-state index is -0.390. The molecule has 1 unspecified atom stereocenters. The molecule has 0 bridgehead atoms. The monoisotopic (exact) mass is 501 g/mol. The molecule has 0 aliphatic carbocycles. The van der Waals surface area contributed by atoms with Crippen molar-refractivity contribution in [2.75, 3.05) is 26.2 Å². The number of carbonyl (C=O) groups is 1. The molecule has 1 atom stereocenters. The van der Waals surface area contributed by atoms with Crippen LogP contribution in [-0.2, 0) is 4.79 Å². The molecule has 1 aliphatic rings. The summed E-state index contributed by atoms with van der Waals surface area (Å²) in [5.74, 6) is 1.36. The minimum Gasteiger partial charge on any atom is -0.493 e. The third-order valence-corrected chi connectivity index (χ3v) is 7.15. The largest absolute Gasteiger partial charge is 0.493 e. The van der Waals surface area contributed by atoms with E-state index in [4.69, 9.17) is 37.4 Å². The molecular weight excluding hydrogens is 481 g/mol. The van der Waals surface area contributed by atoms with Gasteiger partial charge in [0.25, 0.3) is 5.91 Å². The Morgan fingerprint density at radius 2 is 1.55 bits per heavy atom. The quantitative estimate of drug-likeness (QED) is 0.346. The Morgan fingerprint density at radius 3 is 2.12 bits per heavy atom. The average Bonchev–Trinajstić information content (AvgIpc) is 3.16. The second-order valence-corrected chi connectivity index (χ2v) is 9.06. The topological polar surface area (TPSA) is 48.0 Å². The molecule has 33 heavy (non-hydrogen) atoms.